The van der Waals surface area contributed by atoms with Gasteiger partial charge in [0.15, 0.2) is 5.78 Å². The lowest BCUT2D eigenvalue weighted by molar-refractivity contribution is -0.153. The number of ketones is 1. The van der Waals surface area contributed by atoms with Crippen LogP contribution in [0.25, 0.3) is 0 Å². The van der Waals surface area contributed by atoms with Crippen molar-refractivity contribution in [1.29, 1.82) is 0 Å². The molecule has 0 radical (unpaired) electrons. The van der Waals surface area contributed by atoms with Crippen LogP contribution in [0.2, 0.25) is 0 Å². The molecular formula is C15H24O4. The fourth-order valence-corrected chi connectivity index (χ4v) is 2.30. The van der Waals surface area contributed by atoms with Crippen LogP contribution < -0.4 is 0 Å². The van der Waals surface area contributed by atoms with Crippen LogP contribution in [-0.4, -0.2) is 31.1 Å². The predicted molar refractivity (Wildman–Crippen MR) is 72.8 cm³/mol. The van der Waals surface area contributed by atoms with Crippen LogP contribution in [0.4, 0.5) is 0 Å². The third-order valence-corrected chi connectivity index (χ3v) is 3.38. The number of rotatable bonds is 8. The van der Waals surface area contributed by atoms with E-state index in [1.54, 1.807) is 13.0 Å². The minimum absolute atomic E-state index is 0.00197. The Balaban J connectivity index is 2.42. The van der Waals surface area contributed by atoms with Gasteiger partial charge < -0.3 is 9.47 Å². The van der Waals surface area contributed by atoms with Gasteiger partial charge in [-0.05, 0) is 26.2 Å². The van der Waals surface area contributed by atoms with Gasteiger partial charge in [-0.2, -0.15) is 0 Å². The van der Waals surface area contributed by atoms with Crippen molar-refractivity contribution < 1.29 is 19.1 Å². The molecule has 19 heavy (non-hydrogen) atoms. The maximum absolute atomic E-state index is 12.0. The Bertz CT molecular complexity index is 305. The average Bonchev–Trinajstić information content (AvgIpc) is 2.43. The second-order valence-electron chi connectivity index (χ2n) is 4.87. The summed E-state index contributed by atoms with van der Waals surface area (Å²) in [6.07, 6.45) is 7.64. The van der Waals surface area contributed by atoms with Crippen molar-refractivity contribution in [2.75, 3.05) is 13.2 Å². The van der Waals surface area contributed by atoms with E-state index in [9.17, 15) is 9.59 Å². The predicted octanol–water partition coefficient (Wildman–Crippen LogP) is 2.66. The highest BCUT2D eigenvalue weighted by molar-refractivity contribution is 5.99. The molecule has 1 unspecified atom stereocenters. The molecule has 0 bridgehead atoms. The van der Waals surface area contributed by atoms with Gasteiger partial charge >= 0.3 is 5.97 Å². The molecular weight excluding hydrogens is 244 g/mol. The molecule has 1 aliphatic carbocycles. The van der Waals surface area contributed by atoms with Gasteiger partial charge in [0.1, 0.15) is 12.5 Å². The van der Waals surface area contributed by atoms with Crippen LogP contribution in [0, 0.1) is 5.92 Å². The van der Waals surface area contributed by atoms with Gasteiger partial charge in [-0.3, -0.25) is 9.59 Å². The normalized spacial score (nSPS) is 17.7. The molecule has 1 rings (SSSR count). The standard InChI is InChI=1S/C15H24O4/c1-3-8-13(15(17)18-4-2)14(16)11-19-12-9-6-5-7-10-12/h3,12-13H,1,4-11H2,2H3. The van der Waals surface area contributed by atoms with Gasteiger partial charge in [-0.1, -0.05) is 25.3 Å². The first-order valence-electron chi connectivity index (χ1n) is 7.10. The minimum Gasteiger partial charge on any atom is -0.465 e. The molecule has 1 atom stereocenters. The Hall–Kier alpha value is -1.16. The van der Waals surface area contributed by atoms with Gasteiger partial charge in [0.25, 0.3) is 0 Å². The smallest absolute Gasteiger partial charge is 0.316 e. The van der Waals surface area contributed by atoms with Crippen LogP contribution in [0.5, 0.6) is 0 Å². The van der Waals surface area contributed by atoms with E-state index in [4.69, 9.17) is 9.47 Å². The van der Waals surface area contributed by atoms with E-state index in [2.05, 4.69) is 6.58 Å². The molecule has 108 valence electrons. The quantitative estimate of drug-likeness (QED) is 0.386. The number of esters is 1. The van der Waals surface area contributed by atoms with E-state index in [0.717, 1.165) is 25.7 Å². The summed E-state index contributed by atoms with van der Waals surface area (Å²) < 4.78 is 10.5. The third-order valence-electron chi connectivity index (χ3n) is 3.38. The Labute approximate surface area is 115 Å². The zero-order chi connectivity index (χ0) is 14.1. The summed E-state index contributed by atoms with van der Waals surface area (Å²) in [5.41, 5.74) is 0. The Morgan fingerprint density at radius 2 is 2.00 bits per heavy atom. The molecule has 0 saturated heterocycles. The molecule has 0 heterocycles. The van der Waals surface area contributed by atoms with Crippen molar-refractivity contribution in [2.24, 2.45) is 5.92 Å². The topological polar surface area (TPSA) is 52.6 Å². The average molecular weight is 268 g/mol. The molecule has 0 aliphatic heterocycles. The lowest BCUT2D eigenvalue weighted by Gasteiger charge is -2.22. The van der Waals surface area contributed by atoms with Crippen molar-refractivity contribution in [3.63, 3.8) is 0 Å². The van der Waals surface area contributed by atoms with Gasteiger partial charge in [0.05, 0.1) is 12.7 Å². The Morgan fingerprint density at radius 1 is 1.32 bits per heavy atom. The minimum atomic E-state index is -0.763. The SMILES string of the molecule is C=CCC(C(=O)COC1CCCCC1)C(=O)OCC. The molecule has 0 amide bonds. The Morgan fingerprint density at radius 3 is 2.58 bits per heavy atom. The highest BCUT2D eigenvalue weighted by atomic mass is 16.5. The number of Topliss-reactive ketones (excluding diaryl/α,β-unsaturated/α-hetero) is 1. The highest BCUT2D eigenvalue weighted by Gasteiger charge is 2.27. The van der Waals surface area contributed by atoms with E-state index in [0.29, 0.717) is 6.42 Å². The van der Waals surface area contributed by atoms with Crippen molar-refractivity contribution in [1.82, 2.24) is 0 Å². The molecule has 0 spiro atoms. The first kappa shape index (κ1) is 15.9. The number of hydrogen-bond acceptors (Lipinski definition) is 4. The third kappa shape index (κ3) is 5.55. The van der Waals surface area contributed by atoms with E-state index in [1.165, 1.54) is 6.42 Å². The van der Waals surface area contributed by atoms with Crippen LogP contribution in [0.3, 0.4) is 0 Å². The number of ether oxygens (including phenoxy) is 2. The lowest BCUT2D eigenvalue weighted by Crippen LogP contribution is -2.31. The summed E-state index contributed by atoms with van der Waals surface area (Å²) in [5, 5.41) is 0. The Kier molecular flexibility index (Phi) is 7.41. The fourth-order valence-electron chi connectivity index (χ4n) is 2.30. The van der Waals surface area contributed by atoms with E-state index in [1.807, 2.05) is 0 Å². The second kappa shape index (κ2) is 8.86. The molecule has 1 saturated carbocycles. The van der Waals surface area contributed by atoms with Crippen LogP contribution >= 0.6 is 0 Å². The van der Waals surface area contributed by atoms with Gasteiger partial charge in [0.2, 0.25) is 0 Å². The van der Waals surface area contributed by atoms with E-state index < -0.39 is 11.9 Å². The van der Waals surface area contributed by atoms with Gasteiger partial charge in [-0.25, -0.2) is 0 Å². The fraction of sp³-hybridized carbons (Fsp3) is 0.733. The van der Waals surface area contributed by atoms with Crippen molar-refractivity contribution in [3.05, 3.63) is 12.7 Å². The summed E-state index contributed by atoms with van der Waals surface area (Å²) >= 11 is 0. The van der Waals surface area contributed by atoms with E-state index >= 15 is 0 Å². The summed E-state index contributed by atoms with van der Waals surface area (Å²) in [6, 6.07) is 0. The summed E-state index contributed by atoms with van der Waals surface area (Å²) in [4.78, 5) is 23.7. The highest BCUT2D eigenvalue weighted by Crippen LogP contribution is 2.20. The largest absolute Gasteiger partial charge is 0.465 e. The monoisotopic (exact) mass is 268 g/mol. The number of allylic oxidation sites excluding steroid dienone is 1. The first-order valence-corrected chi connectivity index (χ1v) is 7.10. The molecule has 4 heteroatoms. The maximum atomic E-state index is 12.0. The lowest BCUT2D eigenvalue weighted by atomic mass is 9.97. The van der Waals surface area contributed by atoms with E-state index in [-0.39, 0.29) is 25.1 Å². The van der Waals surface area contributed by atoms with Crippen molar-refractivity contribution in [3.8, 4) is 0 Å². The number of carbonyl (C=O) groups is 2. The van der Waals surface area contributed by atoms with Gasteiger partial charge in [-0.15, -0.1) is 6.58 Å². The molecule has 4 nitrogen and oxygen atoms in total. The molecule has 0 N–H and O–H groups in total. The van der Waals surface area contributed by atoms with Crippen LogP contribution in [0.1, 0.15) is 45.4 Å². The van der Waals surface area contributed by atoms with Crippen LogP contribution in [0.15, 0.2) is 12.7 Å². The zero-order valence-corrected chi connectivity index (χ0v) is 11.7. The first-order chi connectivity index (χ1) is 9.19. The van der Waals surface area contributed by atoms with Gasteiger partial charge in [0, 0.05) is 0 Å². The van der Waals surface area contributed by atoms with Crippen molar-refractivity contribution in [2.45, 2.75) is 51.6 Å². The van der Waals surface area contributed by atoms with Crippen molar-refractivity contribution >= 4 is 11.8 Å². The summed E-state index contributed by atoms with van der Waals surface area (Å²) in [7, 11) is 0. The van der Waals surface area contributed by atoms with Crippen LogP contribution in [-0.2, 0) is 19.1 Å². The number of hydrogen-bond donors (Lipinski definition) is 0. The number of carbonyl (C=O) groups excluding carboxylic acids is 2. The molecule has 1 fully saturated rings. The second-order valence-corrected chi connectivity index (χ2v) is 4.87. The summed E-state index contributed by atoms with van der Waals surface area (Å²) in [6.45, 7) is 5.59. The maximum Gasteiger partial charge on any atom is 0.316 e. The molecule has 1 aliphatic rings. The zero-order valence-electron chi connectivity index (χ0n) is 11.7. The molecule has 0 aromatic heterocycles. The molecule has 0 aromatic rings. The molecule has 0 aromatic carbocycles. The summed E-state index contributed by atoms with van der Waals surface area (Å²) in [5.74, 6) is -1.44.